The van der Waals surface area contributed by atoms with Gasteiger partial charge in [-0.15, -0.1) is 0 Å². The lowest BCUT2D eigenvalue weighted by molar-refractivity contribution is 0.382. The van der Waals surface area contributed by atoms with Gasteiger partial charge in [0.25, 0.3) is 0 Å². The molecule has 0 spiro atoms. The Morgan fingerprint density at radius 3 is 2.36 bits per heavy atom. The van der Waals surface area contributed by atoms with E-state index in [0.717, 1.165) is 0 Å². The highest BCUT2D eigenvalue weighted by Crippen LogP contribution is 2.21. The van der Waals surface area contributed by atoms with E-state index in [1.165, 1.54) is 22.5 Å². The number of piperazine rings is 1. The van der Waals surface area contributed by atoms with E-state index >= 15 is 0 Å². The van der Waals surface area contributed by atoms with Crippen LogP contribution in [0.25, 0.3) is 0 Å². The molecule has 0 saturated carbocycles. The summed E-state index contributed by atoms with van der Waals surface area (Å²) in [5.74, 6) is 0.327. The topological polar surface area (TPSA) is 116 Å². The minimum atomic E-state index is -3.57. The molecular weight excluding hydrogens is 364 g/mol. The van der Waals surface area contributed by atoms with Crippen LogP contribution in [0.2, 0.25) is 5.15 Å². The van der Waals surface area contributed by atoms with Crippen LogP contribution in [0.5, 0.6) is 0 Å². The Bertz CT molecular complexity index is 918. The van der Waals surface area contributed by atoms with Crippen LogP contribution in [0.15, 0.2) is 35.2 Å². The van der Waals surface area contributed by atoms with Crippen molar-refractivity contribution in [2.45, 2.75) is 4.90 Å². The van der Waals surface area contributed by atoms with Gasteiger partial charge in [-0.3, -0.25) is 0 Å². The molecule has 10 heteroatoms. The van der Waals surface area contributed by atoms with Crippen LogP contribution < -0.4 is 10.6 Å². The maximum Gasteiger partial charge on any atom is 0.243 e. The van der Waals surface area contributed by atoms with Crippen molar-refractivity contribution in [3.8, 4) is 6.07 Å². The zero-order chi connectivity index (χ0) is 18.0. The number of nitriles is 1. The Morgan fingerprint density at radius 1 is 1.12 bits per heavy atom. The summed E-state index contributed by atoms with van der Waals surface area (Å²) in [6.07, 6.45) is 0. The van der Waals surface area contributed by atoms with Crippen LogP contribution in [0, 0.1) is 11.3 Å². The number of nitrogen functional groups attached to an aromatic ring is 1. The third kappa shape index (κ3) is 3.66. The van der Waals surface area contributed by atoms with Crippen molar-refractivity contribution in [1.29, 1.82) is 5.26 Å². The van der Waals surface area contributed by atoms with Crippen molar-refractivity contribution < 1.29 is 8.42 Å². The molecule has 1 aliphatic rings. The van der Waals surface area contributed by atoms with Gasteiger partial charge in [-0.1, -0.05) is 11.6 Å². The van der Waals surface area contributed by atoms with Gasteiger partial charge in [-0.05, 0) is 24.3 Å². The van der Waals surface area contributed by atoms with E-state index < -0.39 is 10.0 Å². The molecule has 2 N–H and O–H groups in total. The number of rotatable bonds is 3. The lowest BCUT2D eigenvalue weighted by Gasteiger charge is -2.34. The molecule has 0 amide bonds. The minimum Gasteiger partial charge on any atom is -0.399 e. The Balaban J connectivity index is 1.74. The van der Waals surface area contributed by atoms with E-state index in [1.807, 2.05) is 11.0 Å². The number of hydrogen-bond donors (Lipinski definition) is 1. The van der Waals surface area contributed by atoms with Gasteiger partial charge in [0.15, 0.2) is 0 Å². The summed E-state index contributed by atoms with van der Waals surface area (Å²) in [6.45, 7) is 1.37. The average molecular weight is 379 g/mol. The zero-order valence-corrected chi connectivity index (χ0v) is 14.7. The zero-order valence-electron chi connectivity index (χ0n) is 13.1. The predicted octanol–water partition coefficient (Wildman–Crippen LogP) is 1.09. The molecule has 1 fully saturated rings. The molecule has 0 radical (unpaired) electrons. The summed E-state index contributed by atoms with van der Waals surface area (Å²) < 4.78 is 26.7. The van der Waals surface area contributed by atoms with E-state index in [2.05, 4.69) is 9.97 Å². The number of hydrogen-bond acceptors (Lipinski definition) is 7. The third-order valence-corrected chi connectivity index (χ3v) is 5.94. The number of aromatic nitrogens is 2. The predicted molar refractivity (Wildman–Crippen MR) is 93.6 cm³/mol. The first kappa shape index (κ1) is 17.4. The van der Waals surface area contributed by atoms with Crippen LogP contribution in [0.3, 0.4) is 0 Å². The Morgan fingerprint density at radius 2 is 1.76 bits per heavy atom. The summed E-state index contributed by atoms with van der Waals surface area (Å²) in [4.78, 5) is 10.2. The molecule has 130 valence electrons. The molecule has 0 atom stereocenters. The van der Waals surface area contributed by atoms with Crippen molar-refractivity contribution in [2.24, 2.45) is 0 Å². The highest BCUT2D eigenvalue weighted by Gasteiger charge is 2.29. The molecule has 1 saturated heterocycles. The van der Waals surface area contributed by atoms with Gasteiger partial charge < -0.3 is 10.6 Å². The molecule has 25 heavy (non-hydrogen) atoms. The highest BCUT2D eigenvalue weighted by molar-refractivity contribution is 7.89. The second kappa shape index (κ2) is 6.84. The van der Waals surface area contributed by atoms with Crippen molar-refractivity contribution in [1.82, 2.24) is 14.3 Å². The normalized spacial score (nSPS) is 15.8. The number of anilines is 2. The standard InChI is InChI=1S/C15H15ClN6O2S/c16-14-9-12(10-17)19-15(20-14)21-5-7-22(8-6-21)25(23,24)13-3-1-11(18)2-4-13/h1-4,9H,5-8,18H2. The maximum absolute atomic E-state index is 12.7. The summed E-state index contributed by atoms with van der Waals surface area (Å²) >= 11 is 5.90. The second-order valence-corrected chi connectivity index (χ2v) is 7.77. The van der Waals surface area contributed by atoms with E-state index in [0.29, 0.717) is 24.7 Å². The monoisotopic (exact) mass is 378 g/mol. The molecule has 0 unspecified atom stereocenters. The number of benzene rings is 1. The van der Waals surface area contributed by atoms with E-state index in [4.69, 9.17) is 22.6 Å². The Hall–Kier alpha value is -2.41. The first-order valence-electron chi connectivity index (χ1n) is 7.45. The molecule has 0 aliphatic carbocycles. The number of halogens is 1. The SMILES string of the molecule is N#Cc1cc(Cl)nc(N2CCN(S(=O)(=O)c3ccc(N)cc3)CC2)n1. The average Bonchev–Trinajstić information content (AvgIpc) is 2.61. The first-order valence-corrected chi connectivity index (χ1v) is 9.27. The summed E-state index contributed by atoms with van der Waals surface area (Å²) in [7, 11) is -3.57. The van der Waals surface area contributed by atoms with Crippen LogP contribution in [0.1, 0.15) is 5.69 Å². The van der Waals surface area contributed by atoms with Crippen LogP contribution in [-0.2, 0) is 10.0 Å². The molecular formula is C15H15ClN6O2S. The Labute approximate surface area is 150 Å². The summed E-state index contributed by atoms with van der Waals surface area (Å²) in [6, 6.07) is 9.43. The van der Waals surface area contributed by atoms with Crippen LogP contribution in [-0.4, -0.2) is 48.9 Å². The number of nitrogens with two attached hydrogens (primary N) is 1. The number of sulfonamides is 1. The second-order valence-electron chi connectivity index (χ2n) is 5.45. The molecule has 0 bridgehead atoms. The molecule has 1 aromatic heterocycles. The molecule has 2 aromatic rings. The van der Waals surface area contributed by atoms with Gasteiger partial charge in [0, 0.05) is 37.9 Å². The highest BCUT2D eigenvalue weighted by atomic mass is 35.5. The van der Waals surface area contributed by atoms with Crippen LogP contribution >= 0.6 is 11.6 Å². The molecule has 3 rings (SSSR count). The fourth-order valence-electron chi connectivity index (χ4n) is 2.52. The van der Waals surface area contributed by atoms with Crippen molar-refractivity contribution in [3.05, 3.63) is 41.2 Å². The molecule has 1 aromatic carbocycles. The molecule has 1 aliphatic heterocycles. The largest absolute Gasteiger partial charge is 0.399 e. The lowest BCUT2D eigenvalue weighted by atomic mass is 10.3. The fraction of sp³-hybridized carbons (Fsp3) is 0.267. The van der Waals surface area contributed by atoms with Gasteiger partial charge in [0.1, 0.15) is 16.9 Å². The quantitative estimate of drug-likeness (QED) is 0.627. The summed E-state index contributed by atoms with van der Waals surface area (Å²) in [5, 5.41) is 9.14. The van der Waals surface area contributed by atoms with Crippen molar-refractivity contribution in [2.75, 3.05) is 36.8 Å². The van der Waals surface area contributed by atoms with Crippen molar-refractivity contribution in [3.63, 3.8) is 0 Å². The van der Waals surface area contributed by atoms with Gasteiger partial charge in [0.2, 0.25) is 16.0 Å². The third-order valence-electron chi connectivity index (χ3n) is 3.84. The Kier molecular flexibility index (Phi) is 4.76. The summed E-state index contributed by atoms with van der Waals surface area (Å²) in [5.41, 5.74) is 6.29. The van der Waals surface area contributed by atoms with Gasteiger partial charge in [0.05, 0.1) is 4.90 Å². The lowest BCUT2D eigenvalue weighted by Crippen LogP contribution is -2.49. The van der Waals surface area contributed by atoms with E-state index in [9.17, 15) is 8.42 Å². The number of nitrogens with zero attached hydrogens (tertiary/aromatic N) is 5. The van der Waals surface area contributed by atoms with Crippen molar-refractivity contribution >= 4 is 33.3 Å². The van der Waals surface area contributed by atoms with Gasteiger partial charge in [-0.2, -0.15) is 9.57 Å². The van der Waals surface area contributed by atoms with Gasteiger partial charge in [-0.25, -0.2) is 18.4 Å². The van der Waals surface area contributed by atoms with E-state index in [1.54, 1.807) is 12.1 Å². The van der Waals surface area contributed by atoms with Gasteiger partial charge >= 0.3 is 0 Å². The first-order chi connectivity index (χ1) is 11.9. The van der Waals surface area contributed by atoms with E-state index in [-0.39, 0.29) is 28.8 Å². The molecule has 8 nitrogen and oxygen atoms in total. The minimum absolute atomic E-state index is 0.173. The molecule has 2 heterocycles. The smallest absolute Gasteiger partial charge is 0.243 e. The van der Waals surface area contributed by atoms with Crippen LogP contribution in [0.4, 0.5) is 11.6 Å². The fourth-order valence-corrected chi connectivity index (χ4v) is 4.12. The maximum atomic E-state index is 12.7.